The molecule has 1 aliphatic heterocycles. The van der Waals surface area contributed by atoms with Crippen LogP contribution in [0.25, 0.3) is 0 Å². The number of fused-ring (bicyclic) bond motifs is 1. The third-order valence-electron chi connectivity index (χ3n) is 5.01. The fourth-order valence-corrected chi connectivity index (χ4v) is 3.62. The Kier molecular flexibility index (Phi) is 5.26. The molecule has 3 aromatic carbocycles. The fraction of sp³-hybridized carbons (Fsp3) is 0.125. The highest BCUT2D eigenvalue weighted by atomic mass is 79.9. The molecule has 0 N–H and O–H groups in total. The van der Waals surface area contributed by atoms with E-state index in [2.05, 4.69) is 15.9 Å². The van der Waals surface area contributed by atoms with E-state index < -0.39 is 17.8 Å². The van der Waals surface area contributed by atoms with E-state index in [9.17, 15) is 14.4 Å². The molecular weight excluding hydrogens is 446 g/mol. The molecule has 0 aliphatic carbocycles. The topological polar surface area (TPSA) is 63.7 Å². The molecule has 0 atom stereocenters. The number of aryl methyl sites for hydroxylation is 2. The van der Waals surface area contributed by atoms with Crippen LogP contribution < -0.4 is 4.90 Å². The Labute approximate surface area is 182 Å². The lowest BCUT2D eigenvalue weighted by atomic mass is 10.1. The average Bonchev–Trinajstić information content (AvgIpc) is 2.99. The number of nitrogens with zero attached hydrogens (tertiary/aromatic N) is 1. The van der Waals surface area contributed by atoms with E-state index in [-0.39, 0.29) is 23.3 Å². The predicted molar refractivity (Wildman–Crippen MR) is 117 cm³/mol. The minimum atomic E-state index is -0.550. The molecule has 5 nitrogen and oxygen atoms in total. The Hall–Kier alpha value is -3.25. The number of hydrogen-bond donors (Lipinski definition) is 0. The van der Waals surface area contributed by atoms with E-state index in [0.717, 1.165) is 21.2 Å². The monoisotopic (exact) mass is 463 g/mol. The van der Waals surface area contributed by atoms with E-state index in [0.29, 0.717) is 5.69 Å². The summed E-state index contributed by atoms with van der Waals surface area (Å²) in [5.41, 5.74) is 3.90. The highest BCUT2D eigenvalue weighted by Gasteiger charge is 2.38. The molecule has 0 fully saturated rings. The number of amides is 2. The molecule has 30 heavy (non-hydrogen) atoms. The first kappa shape index (κ1) is 20.0. The highest BCUT2D eigenvalue weighted by Crippen LogP contribution is 2.32. The Morgan fingerprint density at radius 3 is 2.33 bits per heavy atom. The maximum atomic E-state index is 13.0. The van der Waals surface area contributed by atoms with E-state index in [1.54, 1.807) is 0 Å². The van der Waals surface area contributed by atoms with Gasteiger partial charge in [0.05, 0.1) is 22.4 Å². The first-order chi connectivity index (χ1) is 14.3. The zero-order valence-electron chi connectivity index (χ0n) is 16.4. The van der Waals surface area contributed by atoms with Gasteiger partial charge in [0.1, 0.15) is 6.61 Å². The zero-order valence-corrected chi connectivity index (χ0v) is 18.0. The zero-order chi connectivity index (χ0) is 21.4. The van der Waals surface area contributed by atoms with Gasteiger partial charge in [-0.25, -0.2) is 9.69 Å². The number of rotatable bonds is 4. The Balaban J connectivity index is 1.57. The number of esters is 1. The normalized spacial score (nSPS) is 12.8. The van der Waals surface area contributed by atoms with Crippen LogP contribution in [0.5, 0.6) is 0 Å². The molecule has 1 heterocycles. The lowest BCUT2D eigenvalue weighted by Crippen LogP contribution is -2.30. The number of benzene rings is 3. The van der Waals surface area contributed by atoms with Gasteiger partial charge in [-0.15, -0.1) is 0 Å². The summed E-state index contributed by atoms with van der Waals surface area (Å²) in [6, 6.07) is 17.5. The fourth-order valence-electron chi connectivity index (χ4n) is 3.36. The number of carbonyl (C=O) groups excluding carboxylic acids is 3. The summed E-state index contributed by atoms with van der Waals surface area (Å²) in [4.78, 5) is 39.5. The van der Waals surface area contributed by atoms with Gasteiger partial charge in [0, 0.05) is 4.47 Å². The lowest BCUT2D eigenvalue weighted by molar-refractivity contribution is 0.0472. The third kappa shape index (κ3) is 3.66. The highest BCUT2D eigenvalue weighted by molar-refractivity contribution is 9.10. The van der Waals surface area contributed by atoms with Crippen LogP contribution in [0, 0.1) is 13.8 Å². The molecule has 0 unspecified atom stereocenters. The molecule has 6 heteroatoms. The van der Waals surface area contributed by atoms with E-state index in [1.807, 2.05) is 56.3 Å². The van der Waals surface area contributed by atoms with Gasteiger partial charge in [0.2, 0.25) is 0 Å². The summed E-state index contributed by atoms with van der Waals surface area (Å²) in [5.74, 6) is -1.38. The maximum Gasteiger partial charge on any atom is 0.338 e. The summed E-state index contributed by atoms with van der Waals surface area (Å²) in [6.07, 6.45) is 0. The molecule has 0 spiro atoms. The summed E-state index contributed by atoms with van der Waals surface area (Å²) in [7, 11) is 0. The van der Waals surface area contributed by atoms with Gasteiger partial charge in [-0.1, -0.05) is 40.2 Å². The van der Waals surface area contributed by atoms with Crippen molar-refractivity contribution < 1.29 is 19.1 Å². The van der Waals surface area contributed by atoms with Gasteiger partial charge in [0.15, 0.2) is 0 Å². The van der Waals surface area contributed by atoms with Crippen molar-refractivity contribution in [1.29, 1.82) is 0 Å². The Bertz CT molecular complexity index is 1180. The van der Waals surface area contributed by atoms with Crippen molar-refractivity contribution in [2.75, 3.05) is 4.90 Å². The van der Waals surface area contributed by atoms with Crippen molar-refractivity contribution in [1.82, 2.24) is 0 Å². The van der Waals surface area contributed by atoms with Crippen LogP contribution >= 0.6 is 15.9 Å². The van der Waals surface area contributed by atoms with Crippen LogP contribution in [0.15, 0.2) is 65.1 Å². The minimum absolute atomic E-state index is 0.116. The van der Waals surface area contributed by atoms with E-state index in [1.165, 1.54) is 23.1 Å². The van der Waals surface area contributed by atoms with Crippen molar-refractivity contribution in [2.45, 2.75) is 20.5 Å². The Morgan fingerprint density at radius 1 is 0.900 bits per heavy atom. The summed E-state index contributed by atoms with van der Waals surface area (Å²) >= 11 is 3.36. The molecule has 0 radical (unpaired) electrons. The van der Waals surface area contributed by atoms with Gasteiger partial charge in [-0.3, -0.25) is 9.59 Å². The van der Waals surface area contributed by atoms with Crippen LogP contribution in [-0.4, -0.2) is 17.8 Å². The summed E-state index contributed by atoms with van der Waals surface area (Å²) in [6.45, 7) is 3.87. The van der Waals surface area contributed by atoms with Crippen LogP contribution in [0.3, 0.4) is 0 Å². The standard InChI is InChI=1S/C24H18BrNO4/c1-14-3-4-15(2)21(11-14)26-22(27)19-10-7-17(12-20(19)23(26)28)24(29)30-13-16-5-8-18(25)9-6-16/h3-12H,13H2,1-2H3. The van der Waals surface area contributed by atoms with Crippen molar-refractivity contribution in [3.63, 3.8) is 0 Å². The number of hydrogen-bond acceptors (Lipinski definition) is 4. The molecule has 0 aromatic heterocycles. The van der Waals surface area contributed by atoms with E-state index in [4.69, 9.17) is 4.74 Å². The largest absolute Gasteiger partial charge is 0.457 e. The molecule has 1 aliphatic rings. The lowest BCUT2D eigenvalue weighted by Gasteiger charge is -2.17. The minimum Gasteiger partial charge on any atom is -0.457 e. The molecule has 0 saturated heterocycles. The van der Waals surface area contributed by atoms with Crippen molar-refractivity contribution in [3.8, 4) is 0 Å². The van der Waals surface area contributed by atoms with Gasteiger partial charge < -0.3 is 4.74 Å². The Morgan fingerprint density at radius 2 is 1.60 bits per heavy atom. The molecule has 150 valence electrons. The average molecular weight is 464 g/mol. The molecular formula is C24H18BrNO4. The SMILES string of the molecule is Cc1ccc(C)c(N2C(=O)c3ccc(C(=O)OCc4ccc(Br)cc4)cc3C2=O)c1. The molecule has 2 amide bonds. The molecule has 0 saturated carbocycles. The number of ether oxygens (including phenoxy) is 1. The first-order valence-electron chi connectivity index (χ1n) is 9.37. The van der Waals surface area contributed by atoms with Gasteiger partial charge >= 0.3 is 5.97 Å². The van der Waals surface area contributed by atoms with Crippen molar-refractivity contribution in [2.24, 2.45) is 0 Å². The summed E-state index contributed by atoms with van der Waals surface area (Å²) in [5, 5.41) is 0. The smallest absolute Gasteiger partial charge is 0.338 e. The maximum absolute atomic E-state index is 13.0. The van der Waals surface area contributed by atoms with Crippen LogP contribution in [0.4, 0.5) is 5.69 Å². The number of carbonyl (C=O) groups is 3. The second kappa shape index (κ2) is 7.88. The number of anilines is 1. The van der Waals surface area contributed by atoms with Crippen molar-refractivity contribution >= 4 is 39.4 Å². The molecule has 0 bridgehead atoms. The third-order valence-corrected chi connectivity index (χ3v) is 5.54. The second-order valence-corrected chi connectivity index (χ2v) is 8.11. The van der Waals surface area contributed by atoms with Crippen molar-refractivity contribution in [3.05, 3.63) is 98.5 Å². The van der Waals surface area contributed by atoms with E-state index >= 15 is 0 Å². The summed E-state index contributed by atoms with van der Waals surface area (Å²) < 4.78 is 6.30. The van der Waals surface area contributed by atoms with Gasteiger partial charge in [-0.2, -0.15) is 0 Å². The van der Waals surface area contributed by atoms with Crippen LogP contribution in [-0.2, 0) is 11.3 Å². The predicted octanol–water partition coefficient (Wildman–Crippen LogP) is 5.22. The van der Waals surface area contributed by atoms with Gasteiger partial charge in [-0.05, 0) is 66.9 Å². The number of halogens is 1. The molecule has 3 aromatic rings. The first-order valence-corrected chi connectivity index (χ1v) is 10.2. The van der Waals surface area contributed by atoms with Crippen LogP contribution in [0.2, 0.25) is 0 Å². The number of imide groups is 1. The second-order valence-electron chi connectivity index (χ2n) is 7.20. The molecule has 4 rings (SSSR count). The van der Waals surface area contributed by atoms with Gasteiger partial charge in [0.25, 0.3) is 11.8 Å². The van der Waals surface area contributed by atoms with Crippen LogP contribution in [0.1, 0.15) is 47.8 Å². The quantitative estimate of drug-likeness (QED) is 0.392.